The van der Waals surface area contributed by atoms with Gasteiger partial charge in [0, 0.05) is 12.1 Å². The Morgan fingerprint density at radius 1 is 1.29 bits per heavy atom. The van der Waals surface area contributed by atoms with Gasteiger partial charge < -0.3 is 15.7 Å². The summed E-state index contributed by atoms with van der Waals surface area (Å²) < 4.78 is 38.8. The summed E-state index contributed by atoms with van der Waals surface area (Å²) in [6, 6.07) is 0. The van der Waals surface area contributed by atoms with Crippen LogP contribution in [-0.4, -0.2) is 46.3 Å². The van der Waals surface area contributed by atoms with Gasteiger partial charge in [0.15, 0.2) is 5.60 Å². The van der Waals surface area contributed by atoms with Crippen molar-refractivity contribution in [1.29, 1.82) is 0 Å². The van der Waals surface area contributed by atoms with E-state index in [4.69, 9.17) is 5.73 Å². The SMILES string of the molecule is CC1(N)CCCCC1C(=O)N1CCCC(O)(C(F)(F)F)C1. The van der Waals surface area contributed by atoms with Crippen molar-refractivity contribution in [2.45, 2.75) is 62.8 Å². The summed E-state index contributed by atoms with van der Waals surface area (Å²) in [4.78, 5) is 13.7. The molecule has 1 heterocycles. The molecule has 1 amide bonds. The lowest BCUT2D eigenvalue weighted by molar-refractivity contribution is -0.273. The fourth-order valence-corrected chi connectivity index (χ4v) is 3.44. The third kappa shape index (κ3) is 3.18. The van der Waals surface area contributed by atoms with Crippen LogP contribution in [0.15, 0.2) is 0 Å². The molecule has 2 fully saturated rings. The van der Waals surface area contributed by atoms with E-state index < -0.39 is 29.8 Å². The van der Waals surface area contributed by atoms with Crippen LogP contribution in [0.1, 0.15) is 45.4 Å². The number of nitrogens with zero attached hydrogens (tertiary/aromatic N) is 1. The van der Waals surface area contributed by atoms with Gasteiger partial charge in [0.05, 0.1) is 12.5 Å². The van der Waals surface area contributed by atoms with Crippen molar-refractivity contribution in [3.05, 3.63) is 0 Å². The lowest BCUT2D eigenvalue weighted by Crippen LogP contribution is -2.61. The van der Waals surface area contributed by atoms with E-state index >= 15 is 0 Å². The molecule has 0 aromatic carbocycles. The highest BCUT2D eigenvalue weighted by atomic mass is 19.4. The molecule has 1 aliphatic heterocycles. The van der Waals surface area contributed by atoms with Crippen molar-refractivity contribution in [3.8, 4) is 0 Å². The Kier molecular flexibility index (Phi) is 4.28. The van der Waals surface area contributed by atoms with Gasteiger partial charge in [0.25, 0.3) is 0 Å². The molecule has 4 nitrogen and oxygen atoms in total. The first kappa shape index (κ1) is 16.5. The Bertz CT molecular complexity index is 412. The first-order chi connectivity index (χ1) is 9.57. The standard InChI is InChI=1S/C14H23F3N2O2/c1-12(18)6-3-2-5-10(12)11(20)19-8-4-7-13(21,9-19)14(15,16)17/h10,21H,2-9,18H2,1H3. The van der Waals surface area contributed by atoms with Gasteiger partial charge in [0.2, 0.25) is 5.91 Å². The normalized spacial score (nSPS) is 38.4. The maximum absolute atomic E-state index is 12.9. The van der Waals surface area contributed by atoms with Gasteiger partial charge in [-0.2, -0.15) is 13.2 Å². The van der Waals surface area contributed by atoms with Gasteiger partial charge in [0.1, 0.15) is 0 Å². The number of carbonyl (C=O) groups is 1. The van der Waals surface area contributed by atoms with Crippen molar-refractivity contribution in [3.63, 3.8) is 0 Å². The lowest BCUT2D eigenvalue weighted by atomic mass is 9.73. The molecule has 3 atom stereocenters. The summed E-state index contributed by atoms with van der Waals surface area (Å²) in [6.45, 7) is 1.36. The molecule has 1 aliphatic carbocycles. The fourth-order valence-electron chi connectivity index (χ4n) is 3.44. The number of amides is 1. The van der Waals surface area contributed by atoms with Crippen LogP contribution in [0.25, 0.3) is 0 Å². The van der Waals surface area contributed by atoms with Crippen LogP contribution >= 0.6 is 0 Å². The van der Waals surface area contributed by atoms with E-state index in [1.165, 1.54) is 0 Å². The second-order valence-corrected chi connectivity index (χ2v) is 6.70. The molecular formula is C14H23F3N2O2. The Morgan fingerprint density at radius 3 is 2.52 bits per heavy atom. The molecule has 1 saturated heterocycles. The van der Waals surface area contributed by atoms with Gasteiger partial charge in [-0.1, -0.05) is 12.8 Å². The highest BCUT2D eigenvalue weighted by Crippen LogP contribution is 2.39. The average Bonchev–Trinajstić information content (AvgIpc) is 2.36. The van der Waals surface area contributed by atoms with E-state index in [1.54, 1.807) is 6.92 Å². The Balaban J connectivity index is 2.12. The lowest BCUT2D eigenvalue weighted by Gasteiger charge is -2.44. The number of β-amino-alcohol motifs (C(OH)–C–C–N with tert-alkyl or cyclic N) is 1. The summed E-state index contributed by atoms with van der Waals surface area (Å²) in [5.74, 6) is -0.802. The van der Waals surface area contributed by atoms with Crippen LogP contribution < -0.4 is 5.73 Å². The van der Waals surface area contributed by atoms with Crippen molar-refractivity contribution in [2.24, 2.45) is 11.7 Å². The van der Waals surface area contributed by atoms with Crippen LogP contribution in [0.4, 0.5) is 13.2 Å². The summed E-state index contributed by atoms with van der Waals surface area (Å²) in [5, 5.41) is 9.81. The molecule has 3 N–H and O–H groups in total. The zero-order chi connectivity index (χ0) is 15.9. The van der Waals surface area contributed by atoms with Crippen LogP contribution in [0.5, 0.6) is 0 Å². The molecule has 0 radical (unpaired) electrons. The number of aliphatic hydroxyl groups is 1. The number of carbonyl (C=O) groups excluding carboxylic acids is 1. The number of nitrogens with two attached hydrogens (primary N) is 1. The number of piperidine rings is 1. The zero-order valence-corrected chi connectivity index (χ0v) is 12.2. The number of alkyl halides is 3. The van der Waals surface area contributed by atoms with Crippen molar-refractivity contribution in [2.75, 3.05) is 13.1 Å². The quantitative estimate of drug-likeness (QED) is 0.776. The van der Waals surface area contributed by atoms with E-state index in [9.17, 15) is 23.1 Å². The van der Waals surface area contributed by atoms with Crippen molar-refractivity contribution < 1.29 is 23.1 Å². The molecule has 7 heteroatoms. The molecular weight excluding hydrogens is 285 g/mol. The zero-order valence-electron chi connectivity index (χ0n) is 12.2. The molecule has 0 bridgehead atoms. The number of hydrogen-bond donors (Lipinski definition) is 2. The van der Waals surface area contributed by atoms with Crippen molar-refractivity contribution >= 4 is 5.91 Å². The molecule has 1 saturated carbocycles. The summed E-state index contributed by atoms with van der Waals surface area (Å²) in [5.41, 5.74) is 2.68. The first-order valence-corrected chi connectivity index (χ1v) is 7.44. The van der Waals surface area contributed by atoms with Crippen molar-refractivity contribution in [1.82, 2.24) is 4.90 Å². The maximum Gasteiger partial charge on any atom is 0.418 e. The van der Waals surface area contributed by atoms with Crippen LogP contribution in [-0.2, 0) is 4.79 Å². The fraction of sp³-hybridized carbons (Fsp3) is 0.929. The molecule has 2 rings (SSSR count). The smallest absolute Gasteiger partial charge is 0.379 e. The van der Waals surface area contributed by atoms with E-state index in [0.717, 1.165) is 17.7 Å². The maximum atomic E-state index is 12.9. The summed E-state index contributed by atoms with van der Waals surface area (Å²) in [7, 11) is 0. The molecule has 0 spiro atoms. The summed E-state index contributed by atoms with van der Waals surface area (Å²) in [6.07, 6.45) is -1.83. The second kappa shape index (κ2) is 5.43. The van der Waals surface area contributed by atoms with E-state index in [2.05, 4.69) is 0 Å². The number of hydrogen-bond acceptors (Lipinski definition) is 3. The minimum absolute atomic E-state index is 0.149. The molecule has 0 aromatic rings. The van der Waals surface area contributed by atoms with Crippen LogP contribution in [0.2, 0.25) is 0 Å². The van der Waals surface area contributed by atoms with Gasteiger partial charge in [-0.05, 0) is 32.6 Å². The predicted octanol–water partition coefficient (Wildman–Crippen LogP) is 1.81. The topological polar surface area (TPSA) is 66.6 Å². The van der Waals surface area contributed by atoms with Gasteiger partial charge >= 0.3 is 6.18 Å². The van der Waals surface area contributed by atoms with E-state index in [-0.39, 0.29) is 25.3 Å². The summed E-state index contributed by atoms with van der Waals surface area (Å²) >= 11 is 0. The Hall–Kier alpha value is -0.820. The van der Waals surface area contributed by atoms with Gasteiger partial charge in [-0.25, -0.2) is 0 Å². The Morgan fingerprint density at radius 2 is 1.95 bits per heavy atom. The van der Waals surface area contributed by atoms with E-state index in [1.807, 2.05) is 0 Å². The van der Waals surface area contributed by atoms with E-state index in [0.29, 0.717) is 12.8 Å². The molecule has 122 valence electrons. The third-order valence-electron chi connectivity index (χ3n) is 4.86. The minimum atomic E-state index is -4.72. The Labute approximate surface area is 122 Å². The molecule has 2 aliphatic rings. The molecule has 21 heavy (non-hydrogen) atoms. The highest BCUT2D eigenvalue weighted by Gasteiger charge is 2.56. The largest absolute Gasteiger partial charge is 0.418 e. The number of rotatable bonds is 1. The first-order valence-electron chi connectivity index (χ1n) is 7.44. The molecule has 3 unspecified atom stereocenters. The van der Waals surface area contributed by atoms with Gasteiger partial charge in [-0.3, -0.25) is 4.79 Å². The highest BCUT2D eigenvalue weighted by molar-refractivity contribution is 5.80. The predicted molar refractivity (Wildman–Crippen MR) is 71.4 cm³/mol. The number of halogens is 3. The number of likely N-dealkylation sites (tertiary alicyclic amines) is 1. The second-order valence-electron chi connectivity index (χ2n) is 6.70. The average molecular weight is 308 g/mol. The van der Waals surface area contributed by atoms with Gasteiger partial charge in [-0.15, -0.1) is 0 Å². The minimum Gasteiger partial charge on any atom is -0.379 e. The molecule has 0 aromatic heterocycles. The van der Waals surface area contributed by atoms with Crippen LogP contribution in [0.3, 0.4) is 0 Å². The monoisotopic (exact) mass is 308 g/mol. The third-order valence-corrected chi connectivity index (χ3v) is 4.86. The van der Waals surface area contributed by atoms with Crippen LogP contribution in [0, 0.1) is 5.92 Å².